The van der Waals surface area contributed by atoms with E-state index in [0.717, 1.165) is 47.2 Å². The monoisotopic (exact) mass is 420 g/mol. The van der Waals surface area contributed by atoms with E-state index >= 15 is 0 Å². The lowest BCUT2D eigenvalue weighted by Crippen LogP contribution is -2.13. The predicted molar refractivity (Wildman–Crippen MR) is 114 cm³/mol. The van der Waals surface area contributed by atoms with Crippen LogP contribution in [0.3, 0.4) is 0 Å². The molecule has 8 heteroatoms. The number of thiazole rings is 1. The van der Waals surface area contributed by atoms with Gasteiger partial charge in [0.2, 0.25) is 0 Å². The Balaban J connectivity index is 1.59. The third-order valence-electron chi connectivity index (χ3n) is 5.42. The number of aldehydes is 1. The van der Waals surface area contributed by atoms with Crippen molar-refractivity contribution in [3.05, 3.63) is 46.7 Å². The molecule has 0 atom stereocenters. The minimum atomic E-state index is -0.367. The number of hydrogen-bond donors (Lipinski definition) is 1. The summed E-state index contributed by atoms with van der Waals surface area (Å²) >= 11 is 1.61. The van der Waals surface area contributed by atoms with E-state index in [1.54, 1.807) is 18.4 Å². The molecule has 0 unspecified atom stereocenters. The summed E-state index contributed by atoms with van der Waals surface area (Å²) in [5, 5.41) is 12.9. The van der Waals surface area contributed by atoms with Gasteiger partial charge in [0.25, 0.3) is 5.91 Å². The van der Waals surface area contributed by atoms with Gasteiger partial charge in [-0.15, -0.1) is 11.3 Å². The summed E-state index contributed by atoms with van der Waals surface area (Å²) in [7, 11) is 1.54. The summed E-state index contributed by atoms with van der Waals surface area (Å²) in [6, 6.07) is 7.17. The van der Waals surface area contributed by atoms with E-state index < -0.39 is 0 Å². The molecule has 1 aliphatic carbocycles. The third-order valence-corrected chi connectivity index (χ3v) is 6.60. The average Bonchev–Trinajstić information content (AvgIpc) is 3.21. The normalized spacial score (nSPS) is 18.5. The van der Waals surface area contributed by atoms with E-state index in [0.29, 0.717) is 28.5 Å². The molecular weight excluding hydrogens is 400 g/mol. The van der Waals surface area contributed by atoms with Gasteiger partial charge in [-0.2, -0.15) is 5.26 Å². The van der Waals surface area contributed by atoms with Crippen molar-refractivity contribution in [3.63, 3.8) is 0 Å². The summed E-state index contributed by atoms with van der Waals surface area (Å²) in [5.74, 6) is 0.685. The van der Waals surface area contributed by atoms with Gasteiger partial charge >= 0.3 is 0 Å². The molecular formula is C22H20N4O3S. The highest BCUT2D eigenvalue weighted by Gasteiger charge is 2.25. The number of nitriles is 1. The van der Waals surface area contributed by atoms with Crippen molar-refractivity contribution in [2.24, 2.45) is 5.92 Å². The minimum Gasteiger partial charge on any atom is -0.494 e. The molecule has 1 fully saturated rings. The molecule has 2 aromatic heterocycles. The molecule has 152 valence electrons. The Morgan fingerprint density at radius 3 is 2.77 bits per heavy atom. The number of nitrogens with zero attached hydrogens (tertiary/aromatic N) is 3. The third kappa shape index (κ3) is 4.02. The number of anilines is 1. The zero-order valence-electron chi connectivity index (χ0n) is 16.4. The van der Waals surface area contributed by atoms with Gasteiger partial charge in [0, 0.05) is 30.3 Å². The number of amides is 1. The van der Waals surface area contributed by atoms with E-state index in [1.165, 1.54) is 18.5 Å². The van der Waals surface area contributed by atoms with Crippen molar-refractivity contribution in [2.75, 3.05) is 12.4 Å². The van der Waals surface area contributed by atoms with Crippen LogP contribution in [0.1, 0.15) is 52.5 Å². The Morgan fingerprint density at radius 1 is 1.27 bits per heavy atom. The summed E-state index contributed by atoms with van der Waals surface area (Å²) in [4.78, 5) is 32.4. The van der Waals surface area contributed by atoms with E-state index in [9.17, 15) is 9.59 Å². The molecule has 0 saturated heterocycles. The topological polar surface area (TPSA) is 105 Å². The second-order valence-electron chi connectivity index (χ2n) is 7.35. The van der Waals surface area contributed by atoms with Gasteiger partial charge < -0.3 is 14.8 Å². The van der Waals surface area contributed by atoms with E-state index in [1.807, 2.05) is 18.2 Å². The maximum Gasteiger partial charge on any atom is 0.257 e. The van der Waals surface area contributed by atoms with E-state index in [-0.39, 0.29) is 11.8 Å². The Bertz CT molecular complexity index is 1140. The fraction of sp³-hybridized carbons (Fsp3) is 0.318. The first-order valence-corrected chi connectivity index (χ1v) is 10.5. The summed E-state index contributed by atoms with van der Waals surface area (Å²) in [5.41, 5.74) is 1.99. The van der Waals surface area contributed by atoms with Crippen molar-refractivity contribution in [2.45, 2.75) is 31.6 Å². The van der Waals surface area contributed by atoms with Gasteiger partial charge in [0.05, 0.1) is 39.1 Å². The van der Waals surface area contributed by atoms with Crippen LogP contribution in [0.25, 0.3) is 10.2 Å². The number of ether oxygens (including phenoxy) is 1. The molecule has 1 saturated carbocycles. The molecule has 3 aromatic rings. The lowest BCUT2D eigenvalue weighted by Gasteiger charge is -2.23. The Hall–Kier alpha value is -3.31. The molecule has 7 nitrogen and oxygen atoms in total. The standard InChI is InChI=1S/C22H20N4O3S/c1-29-19-7-18-20(30-22(26-18)15-4-2-13(12-27)3-5-15)8-17(19)25-21(28)16-6-14(9-23)10-24-11-16/h6-8,10-13,15H,2-5H2,1H3,(H,25,28)/t13-,15-. The molecule has 30 heavy (non-hydrogen) atoms. The fourth-order valence-electron chi connectivity index (χ4n) is 3.74. The molecule has 1 amide bonds. The van der Waals surface area contributed by atoms with Crippen molar-refractivity contribution in [3.8, 4) is 11.8 Å². The number of pyridine rings is 1. The lowest BCUT2D eigenvalue weighted by molar-refractivity contribution is -0.111. The van der Waals surface area contributed by atoms with Gasteiger partial charge in [-0.25, -0.2) is 4.98 Å². The van der Waals surface area contributed by atoms with Crippen LogP contribution < -0.4 is 10.1 Å². The quantitative estimate of drug-likeness (QED) is 0.617. The highest BCUT2D eigenvalue weighted by Crippen LogP contribution is 2.40. The molecule has 1 aromatic carbocycles. The first kappa shape index (κ1) is 20.0. The van der Waals surface area contributed by atoms with Crippen LogP contribution in [0.4, 0.5) is 5.69 Å². The fourth-order valence-corrected chi connectivity index (χ4v) is 4.89. The first-order valence-electron chi connectivity index (χ1n) is 9.71. The van der Waals surface area contributed by atoms with Crippen LogP contribution in [0, 0.1) is 17.2 Å². The number of hydrogen-bond acceptors (Lipinski definition) is 7. The average molecular weight is 420 g/mol. The Labute approximate surface area is 177 Å². The summed E-state index contributed by atoms with van der Waals surface area (Å²) < 4.78 is 6.42. The number of carbonyl (C=O) groups is 2. The Morgan fingerprint density at radius 2 is 2.07 bits per heavy atom. The minimum absolute atomic E-state index is 0.173. The molecule has 0 bridgehead atoms. The maximum absolute atomic E-state index is 12.6. The predicted octanol–water partition coefficient (Wildman–Crippen LogP) is 4.30. The molecule has 1 N–H and O–H groups in total. The first-order chi connectivity index (χ1) is 14.6. The summed E-state index contributed by atoms with van der Waals surface area (Å²) in [6.07, 6.45) is 7.64. The maximum atomic E-state index is 12.6. The number of methoxy groups -OCH3 is 1. The molecule has 2 heterocycles. The smallest absolute Gasteiger partial charge is 0.257 e. The van der Waals surface area contributed by atoms with Crippen LogP contribution in [0.15, 0.2) is 30.6 Å². The second kappa shape index (κ2) is 8.59. The van der Waals surface area contributed by atoms with Crippen molar-refractivity contribution in [1.29, 1.82) is 5.26 Å². The number of rotatable bonds is 5. The Kier molecular flexibility index (Phi) is 5.72. The highest BCUT2D eigenvalue weighted by molar-refractivity contribution is 7.18. The lowest BCUT2D eigenvalue weighted by atomic mass is 9.83. The van der Waals surface area contributed by atoms with Crippen LogP contribution in [-0.4, -0.2) is 29.3 Å². The molecule has 4 rings (SSSR count). The van der Waals surface area contributed by atoms with Gasteiger partial charge in [-0.3, -0.25) is 9.78 Å². The molecule has 1 aliphatic rings. The van der Waals surface area contributed by atoms with Gasteiger partial charge in [-0.05, 0) is 37.8 Å². The second-order valence-corrected chi connectivity index (χ2v) is 8.41. The number of aromatic nitrogens is 2. The van der Waals surface area contributed by atoms with Gasteiger partial charge in [0.1, 0.15) is 18.1 Å². The zero-order valence-corrected chi connectivity index (χ0v) is 17.2. The number of nitrogens with one attached hydrogen (secondary N) is 1. The molecule has 0 aliphatic heterocycles. The van der Waals surface area contributed by atoms with Crippen LogP contribution in [0.2, 0.25) is 0 Å². The summed E-state index contributed by atoms with van der Waals surface area (Å²) in [6.45, 7) is 0. The zero-order chi connectivity index (χ0) is 21.1. The van der Waals surface area contributed by atoms with Crippen molar-refractivity contribution >= 4 is 39.4 Å². The SMILES string of the molecule is COc1cc2nc([C@H]3CC[C@H](C=O)CC3)sc2cc1NC(=O)c1cncc(C#N)c1. The van der Waals surface area contributed by atoms with E-state index in [2.05, 4.69) is 10.3 Å². The largest absolute Gasteiger partial charge is 0.494 e. The number of fused-ring (bicyclic) bond motifs is 1. The van der Waals surface area contributed by atoms with Crippen LogP contribution in [-0.2, 0) is 4.79 Å². The molecule has 0 spiro atoms. The van der Waals surface area contributed by atoms with Gasteiger partial charge in [-0.1, -0.05) is 0 Å². The highest BCUT2D eigenvalue weighted by atomic mass is 32.1. The van der Waals surface area contributed by atoms with Crippen LogP contribution in [0.5, 0.6) is 5.75 Å². The number of carbonyl (C=O) groups excluding carboxylic acids is 2. The van der Waals surface area contributed by atoms with Crippen LogP contribution >= 0.6 is 11.3 Å². The molecule has 0 radical (unpaired) electrons. The van der Waals surface area contributed by atoms with Crippen molar-refractivity contribution < 1.29 is 14.3 Å². The van der Waals surface area contributed by atoms with Crippen molar-refractivity contribution in [1.82, 2.24) is 9.97 Å². The van der Waals surface area contributed by atoms with E-state index in [4.69, 9.17) is 15.0 Å². The van der Waals surface area contributed by atoms with Gasteiger partial charge in [0.15, 0.2) is 0 Å². The number of benzene rings is 1.